The molecule has 3 amide bonds. The van der Waals surface area contributed by atoms with Crippen molar-refractivity contribution in [2.45, 2.75) is 42.5 Å². The van der Waals surface area contributed by atoms with Crippen molar-refractivity contribution in [3.63, 3.8) is 0 Å². The normalized spacial score (nSPS) is 11.8. The number of carbonyl (C=O) groups excluding carboxylic acids is 3. The number of anilines is 2. The molecular formula is C32H44N10O5. The van der Waals surface area contributed by atoms with Crippen molar-refractivity contribution in [2.75, 3.05) is 17.7 Å². The average molecular weight is 649 g/mol. The van der Waals surface area contributed by atoms with Gasteiger partial charge in [-0.3, -0.25) is 29.5 Å². The number of aromatic amines is 1. The lowest BCUT2D eigenvalue weighted by Gasteiger charge is -2.23. The second-order valence-corrected chi connectivity index (χ2v) is 10.4. The largest absolute Gasteiger partial charge is 0.349 e. The molecule has 0 radical (unpaired) electrons. The first-order chi connectivity index (χ1) is 21.2. The maximum absolute atomic E-state index is 11.9. The molecule has 15 nitrogen and oxygen atoms in total. The van der Waals surface area contributed by atoms with Crippen LogP contribution in [0.3, 0.4) is 0 Å². The zero-order valence-electron chi connectivity index (χ0n) is 26.1. The molecule has 0 atom stereocenters. The minimum absolute atomic E-state index is 0. The Morgan fingerprint density at radius 2 is 1.57 bits per heavy atom. The number of rotatable bonds is 4. The Morgan fingerprint density at radius 1 is 0.936 bits per heavy atom. The van der Waals surface area contributed by atoms with E-state index in [0.29, 0.717) is 28.4 Å². The van der Waals surface area contributed by atoms with Crippen molar-refractivity contribution in [1.82, 2.24) is 39.3 Å². The fourth-order valence-corrected chi connectivity index (χ4v) is 3.65. The van der Waals surface area contributed by atoms with Crippen LogP contribution in [0.25, 0.3) is 11.2 Å². The smallest absolute Gasteiger partial charge is 0.338 e. The van der Waals surface area contributed by atoms with Crippen molar-refractivity contribution in [1.29, 1.82) is 0 Å². The first kappa shape index (κ1) is 39.2. The minimum Gasteiger partial charge on any atom is -0.338 e. The Kier molecular flexibility index (Phi) is 14.2. The fraction of sp³-hybridized carbons (Fsp3) is 0.312. The number of carbonyl (C=O) groups is 3. The monoisotopic (exact) mass is 648 g/mol. The van der Waals surface area contributed by atoms with Crippen LogP contribution in [0.4, 0.5) is 11.8 Å². The van der Waals surface area contributed by atoms with Crippen LogP contribution in [0.5, 0.6) is 0 Å². The first-order valence-corrected chi connectivity index (χ1v) is 13.7. The number of nitrogens with zero attached hydrogens (tertiary/aromatic N) is 6. The van der Waals surface area contributed by atoms with E-state index in [9.17, 15) is 24.0 Å². The van der Waals surface area contributed by atoms with Gasteiger partial charge in [-0.15, -0.1) is 0 Å². The van der Waals surface area contributed by atoms with Crippen molar-refractivity contribution in [3.8, 4) is 0 Å². The topological polar surface area (TPSA) is 189 Å². The predicted octanol–water partition coefficient (Wildman–Crippen LogP) is 3.29. The third-order valence-electron chi connectivity index (χ3n) is 6.30. The maximum Gasteiger partial charge on any atom is 0.349 e. The summed E-state index contributed by atoms with van der Waals surface area (Å²) in [5, 5.41) is 7.78. The van der Waals surface area contributed by atoms with Gasteiger partial charge in [-0.1, -0.05) is 53.5 Å². The summed E-state index contributed by atoms with van der Waals surface area (Å²) in [6.45, 7) is 10.7. The second-order valence-electron chi connectivity index (χ2n) is 10.4. The lowest BCUT2D eigenvalue weighted by Crippen LogP contribution is -2.35. The third-order valence-corrected chi connectivity index (χ3v) is 6.30. The Balaban J connectivity index is 0.000000358. The number of amides is 3. The van der Waals surface area contributed by atoms with Crippen LogP contribution in [0.1, 0.15) is 51.5 Å². The average Bonchev–Trinajstić information content (AvgIpc) is 3.36. The molecule has 1 aromatic carbocycles. The van der Waals surface area contributed by atoms with Crippen molar-refractivity contribution in [3.05, 3.63) is 99.0 Å². The minimum atomic E-state index is -0.399. The molecule has 0 unspecified atom stereocenters. The summed E-state index contributed by atoms with van der Waals surface area (Å²) in [4.78, 5) is 73.4. The Bertz CT molecular complexity index is 1890. The quantitative estimate of drug-likeness (QED) is 0.257. The molecule has 4 heterocycles. The van der Waals surface area contributed by atoms with E-state index in [1.807, 2.05) is 13.1 Å². The van der Waals surface area contributed by atoms with Crippen molar-refractivity contribution < 1.29 is 14.4 Å². The number of benzene rings is 1. The predicted molar refractivity (Wildman–Crippen MR) is 183 cm³/mol. The Morgan fingerprint density at radius 3 is 2.17 bits per heavy atom. The molecule has 0 bridgehead atoms. The molecule has 252 valence electrons. The van der Waals surface area contributed by atoms with E-state index in [2.05, 4.69) is 42.5 Å². The van der Waals surface area contributed by atoms with E-state index in [0.717, 1.165) is 5.56 Å². The SMILES string of the molecule is C.C.C=C1NC(=O)C(C)=CN1C.CC(C)C(=O)Nc1nc2c(ncn2C)c(=O)[nH]1.Cc1cn(C)c(=O)nc1NC(=O)c1ccccc1. The molecule has 0 aliphatic carbocycles. The molecule has 5 rings (SSSR count). The van der Waals surface area contributed by atoms with E-state index in [1.165, 1.54) is 10.9 Å². The van der Waals surface area contributed by atoms with Crippen LogP contribution in [0, 0.1) is 12.8 Å². The number of hydrogen-bond donors (Lipinski definition) is 4. The molecule has 47 heavy (non-hydrogen) atoms. The molecule has 0 fully saturated rings. The van der Waals surface area contributed by atoms with Gasteiger partial charge in [0.05, 0.1) is 6.33 Å². The van der Waals surface area contributed by atoms with E-state index in [1.54, 1.807) is 87.9 Å². The van der Waals surface area contributed by atoms with E-state index in [4.69, 9.17) is 0 Å². The molecule has 0 saturated carbocycles. The third kappa shape index (κ3) is 10.3. The number of fused-ring (bicyclic) bond motifs is 1. The molecule has 1 aliphatic rings. The van der Waals surface area contributed by atoms with Gasteiger partial charge in [0.15, 0.2) is 11.2 Å². The first-order valence-electron chi connectivity index (χ1n) is 13.7. The molecule has 4 N–H and O–H groups in total. The highest BCUT2D eigenvalue weighted by Crippen LogP contribution is 2.10. The van der Waals surface area contributed by atoms with Gasteiger partial charge >= 0.3 is 5.69 Å². The highest BCUT2D eigenvalue weighted by molar-refractivity contribution is 6.04. The van der Waals surface area contributed by atoms with Crippen LogP contribution in [0.2, 0.25) is 0 Å². The van der Waals surface area contributed by atoms with Crippen LogP contribution >= 0.6 is 0 Å². The van der Waals surface area contributed by atoms with Gasteiger partial charge in [0.25, 0.3) is 17.4 Å². The van der Waals surface area contributed by atoms with E-state index in [-0.39, 0.29) is 55.5 Å². The van der Waals surface area contributed by atoms with Gasteiger partial charge in [-0.25, -0.2) is 9.78 Å². The summed E-state index contributed by atoms with van der Waals surface area (Å²) in [7, 11) is 5.19. The molecule has 0 saturated heterocycles. The zero-order chi connectivity index (χ0) is 33.4. The van der Waals surface area contributed by atoms with Gasteiger partial charge < -0.3 is 24.7 Å². The van der Waals surface area contributed by atoms with Crippen LogP contribution in [-0.2, 0) is 23.7 Å². The maximum atomic E-state index is 11.9. The van der Waals surface area contributed by atoms with Crippen molar-refractivity contribution >= 4 is 40.7 Å². The molecule has 0 spiro atoms. The second kappa shape index (κ2) is 17.0. The number of aryl methyl sites for hydroxylation is 3. The van der Waals surface area contributed by atoms with E-state index >= 15 is 0 Å². The van der Waals surface area contributed by atoms with Crippen molar-refractivity contribution in [2.24, 2.45) is 20.0 Å². The molecule has 3 aromatic heterocycles. The molecule has 1 aliphatic heterocycles. The van der Waals surface area contributed by atoms with Crippen LogP contribution in [-0.4, -0.2) is 58.7 Å². The summed E-state index contributed by atoms with van der Waals surface area (Å²) in [5.41, 5.74) is 1.90. The summed E-state index contributed by atoms with van der Waals surface area (Å²) in [6, 6.07) is 8.79. The summed E-state index contributed by atoms with van der Waals surface area (Å²) < 4.78 is 2.99. The Hall–Kier alpha value is -5.86. The summed E-state index contributed by atoms with van der Waals surface area (Å²) >= 11 is 0. The van der Waals surface area contributed by atoms with Crippen LogP contribution < -0.4 is 27.2 Å². The molecule has 4 aromatic rings. The van der Waals surface area contributed by atoms with Gasteiger partial charge in [0.2, 0.25) is 11.9 Å². The zero-order valence-corrected chi connectivity index (χ0v) is 26.1. The summed E-state index contributed by atoms with van der Waals surface area (Å²) in [5.74, 6) is 0.340. The van der Waals surface area contributed by atoms with E-state index < -0.39 is 5.69 Å². The summed E-state index contributed by atoms with van der Waals surface area (Å²) in [6.07, 6.45) is 4.89. The van der Waals surface area contributed by atoms with Gasteiger partial charge in [0, 0.05) is 56.2 Å². The lowest BCUT2D eigenvalue weighted by molar-refractivity contribution is -0.119. The highest BCUT2D eigenvalue weighted by atomic mass is 16.2. The van der Waals surface area contributed by atoms with Gasteiger partial charge in [-0.2, -0.15) is 9.97 Å². The molecular weight excluding hydrogens is 604 g/mol. The number of imidazole rings is 1. The Labute approximate surface area is 273 Å². The number of aromatic nitrogens is 6. The lowest BCUT2D eigenvalue weighted by atomic mass is 10.2. The number of H-pyrrole nitrogens is 1. The van der Waals surface area contributed by atoms with Gasteiger partial charge in [-0.05, 0) is 26.0 Å². The van der Waals surface area contributed by atoms with Gasteiger partial charge in [0.1, 0.15) is 11.6 Å². The highest BCUT2D eigenvalue weighted by Gasteiger charge is 2.14. The fourth-order valence-electron chi connectivity index (χ4n) is 3.65. The standard InChI is InChI=1S/C13H13N3O2.C10H13N5O2.C7H10N2O.2CH4/c1-9-8-16(2)13(18)15-11(9)14-12(17)10-6-4-3-5-7-10;1-5(2)8(16)13-10-12-7-6(9(17)14-10)11-4-15(7)3;1-5-4-9(3)6(2)8-7(5)10;;/h3-8H,1-2H3,(H,14,15,17,18);4-5H,1-3H3,(H2,12,13,14,16,17);4H,2H2,1,3H3,(H,8,10);2*1H4. The van der Waals surface area contributed by atoms with Crippen LogP contribution in [0.15, 0.2) is 76.6 Å². The number of hydrogen-bond acceptors (Lipinski definition) is 9. The number of nitrogens with one attached hydrogen (secondary N) is 4. The molecule has 15 heteroatoms.